The predicted molar refractivity (Wildman–Crippen MR) is 142 cm³/mol. The van der Waals surface area contributed by atoms with Crippen LogP contribution in [0.25, 0.3) is 11.1 Å². The topological polar surface area (TPSA) is 7.76 Å². The second kappa shape index (κ2) is 14.7. The Bertz CT molecular complexity index is 921. The smallest absolute Gasteiger partial charge is 0.169 e. The molecule has 0 unspecified atom stereocenters. The Morgan fingerprint density at radius 2 is 0.758 bits per heavy atom. The van der Waals surface area contributed by atoms with E-state index in [1.165, 1.54) is 22.3 Å². The van der Waals surface area contributed by atoms with Gasteiger partial charge in [-0.25, -0.2) is 9.13 Å². The highest BCUT2D eigenvalue weighted by Gasteiger charge is 2.06. The molecule has 2 aromatic heterocycles. The van der Waals surface area contributed by atoms with Gasteiger partial charge < -0.3 is 0 Å². The monoisotopic (exact) mass is 442 g/mol. The second-order valence-electron chi connectivity index (χ2n) is 7.83. The first-order valence-electron chi connectivity index (χ1n) is 10.9. The molecule has 0 bridgehead atoms. The molecule has 4 rings (SSSR count). The van der Waals surface area contributed by atoms with Crippen LogP contribution in [0, 0.1) is 0 Å². The maximum Gasteiger partial charge on any atom is 0.169 e. The molecule has 2 heteroatoms. The number of hydrogen-bond acceptors (Lipinski definition) is 0. The van der Waals surface area contributed by atoms with E-state index in [0.29, 0.717) is 0 Å². The molecule has 0 atom stereocenters. The Balaban J connectivity index is 0.00000181. The van der Waals surface area contributed by atoms with Crippen molar-refractivity contribution in [2.45, 2.75) is 61.1 Å². The van der Waals surface area contributed by atoms with Crippen LogP contribution in [0.4, 0.5) is 0 Å². The minimum Gasteiger partial charge on any atom is -0.205 e. The van der Waals surface area contributed by atoms with Crippen molar-refractivity contribution in [3.05, 3.63) is 121 Å². The number of aryl methyl sites for hydroxylation is 4. The summed E-state index contributed by atoms with van der Waals surface area (Å²) in [5.74, 6) is 0. The van der Waals surface area contributed by atoms with Crippen LogP contribution in [0.1, 0.15) is 46.2 Å². The molecule has 0 aliphatic rings. The maximum absolute atomic E-state index is 2.28. The van der Waals surface area contributed by atoms with Gasteiger partial charge in [0.2, 0.25) is 0 Å². The van der Waals surface area contributed by atoms with Crippen molar-refractivity contribution in [2.75, 3.05) is 0 Å². The van der Waals surface area contributed by atoms with Gasteiger partial charge in [-0.1, -0.05) is 82.9 Å². The third-order valence-electron chi connectivity index (χ3n) is 5.56. The third-order valence-corrected chi connectivity index (χ3v) is 5.56. The van der Waals surface area contributed by atoms with Crippen LogP contribution in [0.3, 0.4) is 0 Å². The number of pyridine rings is 2. The molecule has 0 saturated heterocycles. The van der Waals surface area contributed by atoms with Crippen LogP contribution >= 0.6 is 0 Å². The first-order valence-corrected chi connectivity index (χ1v) is 10.9. The van der Waals surface area contributed by atoms with Crippen LogP contribution in [0.15, 0.2) is 110 Å². The molecule has 0 spiro atoms. The molecular weight excluding hydrogens is 400 g/mol. The summed E-state index contributed by atoms with van der Waals surface area (Å²) in [6.07, 6.45) is 13.3. The van der Waals surface area contributed by atoms with E-state index >= 15 is 0 Å². The summed E-state index contributed by atoms with van der Waals surface area (Å²) in [5.41, 5.74) is 5.36. The average Bonchev–Trinajstić information content (AvgIpc) is 2.82. The zero-order chi connectivity index (χ0) is 20.4. The highest BCUT2D eigenvalue weighted by Crippen LogP contribution is 2.15. The quantitative estimate of drug-likeness (QED) is 0.244. The van der Waals surface area contributed by atoms with Gasteiger partial charge in [-0.15, -0.1) is 0 Å². The fourth-order valence-electron chi connectivity index (χ4n) is 3.82. The van der Waals surface area contributed by atoms with Crippen LogP contribution in [0.5, 0.6) is 0 Å². The van der Waals surface area contributed by atoms with Crippen LogP contribution < -0.4 is 9.13 Å². The molecule has 0 radical (unpaired) electrons. The van der Waals surface area contributed by atoms with Gasteiger partial charge >= 0.3 is 0 Å². The summed E-state index contributed by atoms with van der Waals surface area (Å²) >= 11 is 0. The molecule has 0 saturated carbocycles. The van der Waals surface area contributed by atoms with E-state index in [-0.39, 0.29) is 22.3 Å². The fraction of sp³-hybridized carbons (Fsp3) is 0.290. The average molecular weight is 443 g/mol. The van der Waals surface area contributed by atoms with E-state index in [1.54, 1.807) is 0 Å². The normalized spacial score (nSPS) is 9.82. The third kappa shape index (κ3) is 8.65. The van der Waals surface area contributed by atoms with Crippen LogP contribution in [0.2, 0.25) is 0 Å². The summed E-state index contributed by atoms with van der Waals surface area (Å²) in [5, 5.41) is 0. The molecule has 0 aliphatic carbocycles. The summed E-state index contributed by atoms with van der Waals surface area (Å²) in [7, 11) is 0. The lowest BCUT2D eigenvalue weighted by atomic mass is 10.1. The van der Waals surface area contributed by atoms with Gasteiger partial charge in [0, 0.05) is 37.1 Å². The zero-order valence-electron chi connectivity index (χ0n) is 17.5. The van der Waals surface area contributed by atoms with E-state index < -0.39 is 0 Å². The van der Waals surface area contributed by atoms with Crippen molar-refractivity contribution in [3.63, 3.8) is 0 Å². The maximum atomic E-state index is 2.28. The van der Waals surface area contributed by atoms with Gasteiger partial charge in [0.05, 0.1) is 0 Å². The molecule has 33 heavy (non-hydrogen) atoms. The lowest BCUT2D eigenvalue weighted by Gasteiger charge is -2.03. The van der Waals surface area contributed by atoms with Gasteiger partial charge in [0.15, 0.2) is 24.8 Å². The summed E-state index contributed by atoms with van der Waals surface area (Å²) in [6.45, 7) is 2.09. The minimum atomic E-state index is 0. The minimum absolute atomic E-state index is 0. The molecule has 0 N–H and O–H groups in total. The first-order chi connectivity index (χ1) is 14.9. The number of benzene rings is 2. The zero-order valence-corrected chi connectivity index (χ0v) is 17.5. The molecule has 2 aromatic carbocycles. The summed E-state index contributed by atoms with van der Waals surface area (Å²) in [6, 6.07) is 30.3. The van der Waals surface area contributed by atoms with Crippen molar-refractivity contribution in [2.24, 2.45) is 0 Å². The Labute approximate surface area is 202 Å². The molecule has 0 fully saturated rings. The van der Waals surface area contributed by atoms with E-state index in [2.05, 4.69) is 119 Å². The van der Waals surface area contributed by atoms with Crippen LogP contribution in [-0.4, -0.2) is 0 Å². The lowest BCUT2D eigenvalue weighted by molar-refractivity contribution is -0.697. The SMILES string of the molecule is C.C.C.c1ccc(CCC[n+]2ccc(-c3cc[n+](CCCc4ccccc4)cc3)cc2)cc1. The number of hydrogen-bond donors (Lipinski definition) is 0. The van der Waals surface area contributed by atoms with E-state index in [1.807, 2.05) is 0 Å². The van der Waals surface area contributed by atoms with Gasteiger partial charge in [0.1, 0.15) is 13.1 Å². The molecule has 4 aromatic rings. The second-order valence-corrected chi connectivity index (χ2v) is 7.83. The van der Waals surface area contributed by atoms with Crippen molar-refractivity contribution in [1.82, 2.24) is 0 Å². The summed E-state index contributed by atoms with van der Waals surface area (Å²) < 4.78 is 4.55. The number of rotatable bonds is 9. The summed E-state index contributed by atoms with van der Waals surface area (Å²) in [4.78, 5) is 0. The van der Waals surface area contributed by atoms with Gasteiger partial charge in [-0.2, -0.15) is 0 Å². The standard InChI is InChI=1S/C28H30N2.3CH4/c1-3-9-25(10-4-1)13-7-19-29-21-15-27(16-22-29)28-17-23-30(24-18-28)20-8-14-26-11-5-2-6-12-26;;;/h1-6,9-12,15-18,21-24H,7-8,13-14,19-20H2;3*1H4/q+2;;;. The van der Waals surface area contributed by atoms with Crippen LogP contribution in [-0.2, 0) is 25.9 Å². The Hall–Kier alpha value is -3.26. The number of nitrogens with zero attached hydrogens (tertiary/aromatic N) is 2. The molecule has 0 amide bonds. The predicted octanol–water partition coefficient (Wildman–Crippen LogP) is 7.10. The first kappa shape index (κ1) is 27.8. The van der Waals surface area contributed by atoms with E-state index in [4.69, 9.17) is 0 Å². The Morgan fingerprint density at radius 3 is 1.09 bits per heavy atom. The highest BCUT2D eigenvalue weighted by molar-refractivity contribution is 5.60. The number of aromatic nitrogens is 2. The highest BCUT2D eigenvalue weighted by atomic mass is 14.9. The van der Waals surface area contributed by atoms with Gasteiger partial charge in [0.25, 0.3) is 0 Å². The molecule has 2 heterocycles. The van der Waals surface area contributed by atoms with Crippen molar-refractivity contribution >= 4 is 0 Å². The van der Waals surface area contributed by atoms with E-state index in [0.717, 1.165) is 38.8 Å². The largest absolute Gasteiger partial charge is 0.205 e. The Kier molecular flexibility index (Phi) is 12.4. The van der Waals surface area contributed by atoms with Gasteiger partial charge in [-0.3, -0.25) is 0 Å². The fourth-order valence-corrected chi connectivity index (χ4v) is 3.82. The van der Waals surface area contributed by atoms with Crippen molar-refractivity contribution in [1.29, 1.82) is 0 Å². The van der Waals surface area contributed by atoms with Crippen molar-refractivity contribution in [3.8, 4) is 11.1 Å². The Morgan fingerprint density at radius 1 is 0.424 bits per heavy atom. The van der Waals surface area contributed by atoms with E-state index in [9.17, 15) is 0 Å². The van der Waals surface area contributed by atoms with Gasteiger partial charge in [-0.05, 0) is 35.1 Å². The lowest BCUT2D eigenvalue weighted by Crippen LogP contribution is -2.33. The van der Waals surface area contributed by atoms with Crippen molar-refractivity contribution < 1.29 is 9.13 Å². The molecule has 174 valence electrons. The molecular formula is C31H42N2+2. The molecule has 0 aliphatic heterocycles. The molecule has 2 nitrogen and oxygen atoms in total.